The molecule has 0 aliphatic carbocycles. The summed E-state index contributed by atoms with van der Waals surface area (Å²) in [5.74, 6) is -1.96. The number of nitrogens with one attached hydrogen (secondary N) is 1. The van der Waals surface area contributed by atoms with Crippen LogP contribution in [0.5, 0.6) is 0 Å². The zero-order chi connectivity index (χ0) is 15.6. The molecular formula is C12H8BrFN2O4S. The Labute approximate surface area is 127 Å². The highest BCUT2D eigenvalue weighted by Gasteiger charge is 2.17. The van der Waals surface area contributed by atoms with Gasteiger partial charge in [0, 0.05) is 6.20 Å². The number of nitrogens with zero attached hydrogens (tertiary/aromatic N) is 1. The Balaban J connectivity index is 2.28. The molecule has 0 unspecified atom stereocenters. The first-order valence-electron chi connectivity index (χ1n) is 5.47. The predicted octanol–water partition coefficient (Wildman–Crippen LogP) is 2.48. The first-order chi connectivity index (χ1) is 9.79. The zero-order valence-electron chi connectivity index (χ0n) is 10.2. The first-order valence-corrected chi connectivity index (χ1v) is 7.74. The fourth-order valence-electron chi connectivity index (χ4n) is 1.42. The van der Waals surface area contributed by atoms with Gasteiger partial charge < -0.3 is 5.11 Å². The predicted molar refractivity (Wildman–Crippen MR) is 76.1 cm³/mol. The molecule has 0 spiro atoms. The normalized spacial score (nSPS) is 11.1. The van der Waals surface area contributed by atoms with Crippen molar-refractivity contribution < 1.29 is 22.7 Å². The maximum Gasteiger partial charge on any atom is 0.337 e. The summed E-state index contributed by atoms with van der Waals surface area (Å²) in [5.41, 5.74) is -0.0763. The molecule has 0 radical (unpaired) electrons. The lowest BCUT2D eigenvalue weighted by Crippen LogP contribution is -2.14. The summed E-state index contributed by atoms with van der Waals surface area (Å²) < 4.78 is 39.7. The number of carboxylic acid groups (broad SMARTS) is 1. The number of carboxylic acids is 1. The van der Waals surface area contributed by atoms with Crippen LogP contribution in [0.4, 0.5) is 10.2 Å². The van der Waals surface area contributed by atoms with E-state index in [0.717, 1.165) is 12.3 Å². The van der Waals surface area contributed by atoms with Crippen molar-refractivity contribution in [1.29, 1.82) is 0 Å². The van der Waals surface area contributed by atoms with Crippen molar-refractivity contribution in [3.05, 3.63) is 52.4 Å². The second-order valence-electron chi connectivity index (χ2n) is 3.92. The number of hydrogen-bond donors (Lipinski definition) is 2. The summed E-state index contributed by atoms with van der Waals surface area (Å²) in [5, 5.41) is 8.72. The molecule has 1 aromatic heterocycles. The summed E-state index contributed by atoms with van der Waals surface area (Å²) in [6, 6.07) is 5.76. The van der Waals surface area contributed by atoms with Crippen LogP contribution in [0.15, 0.2) is 45.9 Å². The zero-order valence-corrected chi connectivity index (χ0v) is 12.6. The van der Waals surface area contributed by atoms with Gasteiger partial charge in [-0.25, -0.2) is 22.6 Å². The molecule has 0 saturated heterocycles. The van der Waals surface area contributed by atoms with Crippen LogP contribution >= 0.6 is 15.9 Å². The molecule has 1 heterocycles. The number of benzene rings is 1. The van der Waals surface area contributed by atoms with Crippen LogP contribution in [0.1, 0.15) is 10.4 Å². The highest BCUT2D eigenvalue weighted by atomic mass is 79.9. The van der Waals surface area contributed by atoms with E-state index in [1.54, 1.807) is 0 Å². The maximum absolute atomic E-state index is 13.4. The third-order valence-corrected chi connectivity index (χ3v) is 4.45. The minimum Gasteiger partial charge on any atom is -0.478 e. The van der Waals surface area contributed by atoms with Gasteiger partial charge in [-0.15, -0.1) is 0 Å². The number of rotatable bonds is 4. The van der Waals surface area contributed by atoms with Gasteiger partial charge in [-0.05, 0) is 46.3 Å². The van der Waals surface area contributed by atoms with Crippen LogP contribution in [-0.4, -0.2) is 24.5 Å². The molecule has 0 aliphatic heterocycles. The van der Waals surface area contributed by atoms with Crippen molar-refractivity contribution in [2.45, 2.75) is 4.90 Å². The second kappa shape index (κ2) is 5.78. The molecule has 2 rings (SSSR count). The summed E-state index contributed by atoms with van der Waals surface area (Å²) in [7, 11) is -4.01. The van der Waals surface area contributed by atoms with Crippen LogP contribution in [0.2, 0.25) is 0 Å². The van der Waals surface area contributed by atoms with E-state index in [2.05, 4.69) is 25.6 Å². The smallest absolute Gasteiger partial charge is 0.337 e. The molecule has 0 aliphatic rings. The Hall–Kier alpha value is -2.00. The molecule has 0 fully saturated rings. The van der Waals surface area contributed by atoms with Crippen molar-refractivity contribution in [3.8, 4) is 0 Å². The molecule has 0 amide bonds. The lowest BCUT2D eigenvalue weighted by Gasteiger charge is -2.08. The molecule has 21 heavy (non-hydrogen) atoms. The van der Waals surface area contributed by atoms with Crippen molar-refractivity contribution in [2.75, 3.05) is 4.72 Å². The van der Waals surface area contributed by atoms with E-state index in [4.69, 9.17) is 5.11 Å². The SMILES string of the molecule is O=C(O)c1ccc(NS(=O)(=O)c2ccc(Br)c(F)c2)nc1. The van der Waals surface area contributed by atoms with Gasteiger partial charge in [0.25, 0.3) is 10.0 Å². The molecule has 6 nitrogen and oxygen atoms in total. The lowest BCUT2D eigenvalue weighted by molar-refractivity contribution is 0.0696. The van der Waals surface area contributed by atoms with Crippen molar-refractivity contribution in [2.24, 2.45) is 0 Å². The Morgan fingerprint density at radius 2 is 2.00 bits per heavy atom. The van der Waals surface area contributed by atoms with E-state index in [1.807, 2.05) is 0 Å². The van der Waals surface area contributed by atoms with Gasteiger partial charge in [-0.3, -0.25) is 4.72 Å². The van der Waals surface area contributed by atoms with E-state index in [0.29, 0.717) is 0 Å². The molecule has 0 atom stereocenters. The van der Waals surface area contributed by atoms with Crippen LogP contribution in [0.3, 0.4) is 0 Å². The molecule has 0 bridgehead atoms. The van der Waals surface area contributed by atoms with Gasteiger partial charge in [0.15, 0.2) is 0 Å². The molecule has 0 saturated carbocycles. The minimum absolute atomic E-state index is 0.0664. The number of hydrogen-bond acceptors (Lipinski definition) is 4. The van der Waals surface area contributed by atoms with Gasteiger partial charge in [-0.2, -0.15) is 0 Å². The third kappa shape index (κ3) is 3.56. The van der Waals surface area contributed by atoms with Gasteiger partial charge in [0.2, 0.25) is 0 Å². The van der Waals surface area contributed by atoms with Gasteiger partial charge >= 0.3 is 5.97 Å². The fraction of sp³-hybridized carbons (Fsp3) is 0. The summed E-state index contributed by atoms with van der Waals surface area (Å²) in [4.78, 5) is 14.1. The number of halogens is 2. The minimum atomic E-state index is -4.01. The average molecular weight is 375 g/mol. The van der Waals surface area contributed by atoms with Crippen molar-refractivity contribution in [1.82, 2.24) is 4.98 Å². The van der Waals surface area contributed by atoms with Crippen LogP contribution in [0.25, 0.3) is 0 Å². The standard InChI is InChI=1S/C12H8BrFN2O4S/c13-9-3-2-8(5-10(9)14)21(19,20)16-11-4-1-7(6-15-11)12(17)18/h1-6H,(H,15,16)(H,17,18). The number of anilines is 1. The molecule has 2 N–H and O–H groups in total. The molecule has 2 aromatic rings. The van der Waals surface area contributed by atoms with Gasteiger partial charge in [0.05, 0.1) is 14.9 Å². The number of aromatic carboxylic acids is 1. The topological polar surface area (TPSA) is 96.4 Å². The third-order valence-electron chi connectivity index (χ3n) is 2.45. The monoisotopic (exact) mass is 374 g/mol. The lowest BCUT2D eigenvalue weighted by atomic mass is 10.3. The number of aromatic nitrogens is 1. The highest BCUT2D eigenvalue weighted by Crippen LogP contribution is 2.21. The molecule has 9 heteroatoms. The number of carbonyl (C=O) groups is 1. The summed E-state index contributed by atoms with van der Waals surface area (Å²) >= 11 is 2.93. The van der Waals surface area contributed by atoms with E-state index in [9.17, 15) is 17.6 Å². The second-order valence-corrected chi connectivity index (χ2v) is 6.46. The maximum atomic E-state index is 13.4. The molecular weight excluding hydrogens is 367 g/mol. The Kier molecular flexibility index (Phi) is 4.24. The van der Waals surface area contributed by atoms with Crippen LogP contribution in [-0.2, 0) is 10.0 Å². The fourth-order valence-corrected chi connectivity index (χ4v) is 2.69. The van der Waals surface area contributed by atoms with Crippen molar-refractivity contribution in [3.63, 3.8) is 0 Å². The van der Waals surface area contributed by atoms with Crippen LogP contribution in [0, 0.1) is 5.82 Å². The van der Waals surface area contributed by atoms with Crippen molar-refractivity contribution >= 4 is 37.7 Å². The Morgan fingerprint density at radius 3 is 2.52 bits per heavy atom. The van der Waals surface area contributed by atoms with E-state index in [1.165, 1.54) is 24.3 Å². The molecule has 110 valence electrons. The highest BCUT2D eigenvalue weighted by molar-refractivity contribution is 9.10. The van der Waals surface area contributed by atoms with E-state index >= 15 is 0 Å². The van der Waals surface area contributed by atoms with Crippen LogP contribution < -0.4 is 4.72 Å². The van der Waals surface area contributed by atoms with Gasteiger partial charge in [0.1, 0.15) is 11.6 Å². The molecule has 1 aromatic carbocycles. The summed E-state index contributed by atoms with van der Waals surface area (Å²) in [6.07, 6.45) is 1.02. The Morgan fingerprint density at radius 1 is 1.29 bits per heavy atom. The Bertz CT molecular complexity index is 793. The van der Waals surface area contributed by atoms with Gasteiger partial charge in [-0.1, -0.05) is 0 Å². The first kappa shape index (κ1) is 15.4. The van der Waals surface area contributed by atoms with E-state index < -0.39 is 21.8 Å². The summed E-state index contributed by atoms with van der Waals surface area (Å²) in [6.45, 7) is 0. The average Bonchev–Trinajstić information content (AvgIpc) is 2.42. The number of sulfonamides is 1. The largest absolute Gasteiger partial charge is 0.478 e. The quantitative estimate of drug-likeness (QED) is 0.856. The van der Waals surface area contributed by atoms with E-state index in [-0.39, 0.29) is 20.7 Å². The number of pyridine rings is 1.